The van der Waals surface area contributed by atoms with E-state index in [-0.39, 0.29) is 17.0 Å². The minimum Gasteiger partial charge on any atom is -0.507 e. The highest BCUT2D eigenvalue weighted by molar-refractivity contribution is 6.33. The first-order valence-electron chi connectivity index (χ1n) is 5.75. The Morgan fingerprint density at radius 3 is 2.70 bits per heavy atom. The van der Waals surface area contributed by atoms with Gasteiger partial charge in [0.2, 0.25) is 0 Å². The van der Waals surface area contributed by atoms with Gasteiger partial charge in [-0.3, -0.25) is 15.1 Å². The van der Waals surface area contributed by atoms with E-state index in [1.165, 1.54) is 24.4 Å². The molecule has 5 nitrogen and oxygen atoms in total. The van der Waals surface area contributed by atoms with Gasteiger partial charge in [-0.1, -0.05) is 17.7 Å². The Hall–Kier alpha value is -2.40. The van der Waals surface area contributed by atoms with Crippen LogP contribution in [0.5, 0.6) is 5.75 Å². The second-order valence-electron chi connectivity index (χ2n) is 4.21. The van der Waals surface area contributed by atoms with Crippen LogP contribution in [-0.2, 0) is 0 Å². The van der Waals surface area contributed by atoms with E-state index in [0.717, 1.165) is 5.56 Å². The van der Waals surface area contributed by atoms with Crippen molar-refractivity contribution in [3.8, 4) is 5.75 Å². The first-order chi connectivity index (χ1) is 9.47. The number of aromatic hydroxyl groups is 1. The van der Waals surface area contributed by atoms with Crippen LogP contribution >= 0.6 is 11.6 Å². The molecular weight excluding hydrogens is 280 g/mol. The molecule has 20 heavy (non-hydrogen) atoms. The number of rotatable bonds is 3. The van der Waals surface area contributed by atoms with Gasteiger partial charge in [-0.2, -0.15) is 0 Å². The smallest absolute Gasteiger partial charge is 0.270 e. The average molecular weight is 291 g/mol. The highest BCUT2D eigenvalue weighted by Gasteiger charge is 2.08. The quantitative estimate of drug-likeness (QED) is 0.527. The number of nitrogens with zero attached hydrogens (tertiary/aromatic N) is 2. The Labute approximate surface area is 120 Å². The Morgan fingerprint density at radius 1 is 1.30 bits per heavy atom. The Kier molecular flexibility index (Phi) is 4.00. The molecule has 0 fully saturated rings. The van der Waals surface area contributed by atoms with Gasteiger partial charge in [-0.25, -0.2) is 0 Å². The van der Waals surface area contributed by atoms with Crippen molar-refractivity contribution in [1.82, 2.24) is 0 Å². The molecule has 0 aliphatic heterocycles. The predicted molar refractivity (Wildman–Crippen MR) is 78.2 cm³/mol. The topological polar surface area (TPSA) is 75.7 Å². The number of non-ortho nitro benzene ring substituents is 1. The molecule has 0 radical (unpaired) electrons. The largest absolute Gasteiger partial charge is 0.507 e. The minimum atomic E-state index is -0.532. The normalized spacial score (nSPS) is 10.9. The fourth-order valence-electron chi connectivity index (χ4n) is 1.61. The third kappa shape index (κ3) is 3.13. The maximum atomic E-state index is 10.7. The second-order valence-corrected chi connectivity index (χ2v) is 4.62. The van der Waals surface area contributed by atoms with E-state index in [9.17, 15) is 15.2 Å². The van der Waals surface area contributed by atoms with Gasteiger partial charge in [0, 0.05) is 23.9 Å². The Balaban J connectivity index is 2.35. The molecule has 0 aliphatic carbocycles. The van der Waals surface area contributed by atoms with Crippen LogP contribution in [0.3, 0.4) is 0 Å². The number of benzene rings is 2. The number of hydrogen-bond donors (Lipinski definition) is 1. The summed E-state index contributed by atoms with van der Waals surface area (Å²) in [6.07, 6.45) is 1.35. The maximum absolute atomic E-state index is 10.7. The van der Waals surface area contributed by atoms with Crippen molar-refractivity contribution in [2.45, 2.75) is 6.92 Å². The van der Waals surface area contributed by atoms with E-state index in [4.69, 9.17) is 11.6 Å². The lowest BCUT2D eigenvalue weighted by Crippen LogP contribution is -1.90. The number of nitro benzene ring substituents is 1. The summed E-state index contributed by atoms with van der Waals surface area (Å²) >= 11 is 6.03. The zero-order valence-electron chi connectivity index (χ0n) is 10.6. The molecule has 0 aromatic heterocycles. The molecule has 0 saturated heterocycles. The van der Waals surface area contributed by atoms with Crippen molar-refractivity contribution in [2.24, 2.45) is 4.99 Å². The highest BCUT2D eigenvalue weighted by atomic mass is 35.5. The first kappa shape index (κ1) is 14.0. The van der Waals surface area contributed by atoms with Crippen LogP contribution < -0.4 is 0 Å². The molecule has 2 aromatic carbocycles. The summed E-state index contributed by atoms with van der Waals surface area (Å²) < 4.78 is 0. The van der Waals surface area contributed by atoms with Gasteiger partial charge in [0.1, 0.15) is 5.75 Å². The van der Waals surface area contributed by atoms with Crippen molar-refractivity contribution in [2.75, 3.05) is 0 Å². The summed E-state index contributed by atoms with van der Waals surface area (Å²) in [4.78, 5) is 14.3. The van der Waals surface area contributed by atoms with E-state index in [1.54, 1.807) is 12.1 Å². The highest BCUT2D eigenvalue weighted by Crippen LogP contribution is 2.27. The van der Waals surface area contributed by atoms with Crippen LogP contribution in [0, 0.1) is 17.0 Å². The van der Waals surface area contributed by atoms with Crippen LogP contribution in [0.15, 0.2) is 41.4 Å². The summed E-state index contributed by atoms with van der Waals surface area (Å²) in [7, 11) is 0. The molecule has 0 bridgehead atoms. The number of nitro groups is 1. The molecule has 0 heterocycles. The van der Waals surface area contributed by atoms with Crippen LogP contribution in [0.2, 0.25) is 5.02 Å². The predicted octanol–water partition coefficient (Wildman–Crippen LogP) is 4.01. The number of phenols is 1. The van der Waals surface area contributed by atoms with E-state index >= 15 is 0 Å². The van der Waals surface area contributed by atoms with E-state index in [2.05, 4.69) is 4.99 Å². The number of hydrogen-bond acceptors (Lipinski definition) is 4. The summed E-state index contributed by atoms with van der Waals surface area (Å²) in [5, 5.41) is 20.8. The molecule has 102 valence electrons. The Morgan fingerprint density at radius 2 is 2.05 bits per heavy atom. The average Bonchev–Trinajstić information content (AvgIpc) is 2.39. The van der Waals surface area contributed by atoms with Gasteiger partial charge in [0.05, 0.1) is 15.6 Å². The third-order valence-electron chi connectivity index (χ3n) is 2.67. The lowest BCUT2D eigenvalue weighted by Gasteiger charge is -2.01. The van der Waals surface area contributed by atoms with Crippen molar-refractivity contribution >= 4 is 29.2 Å². The Bertz CT molecular complexity index is 699. The zero-order chi connectivity index (χ0) is 14.7. The van der Waals surface area contributed by atoms with Crippen molar-refractivity contribution in [3.63, 3.8) is 0 Å². The molecule has 0 amide bonds. The summed E-state index contributed by atoms with van der Waals surface area (Å²) in [6, 6.07) is 9.10. The van der Waals surface area contributed by atoms with Crippen LogP contribution in [-0.4, -0.2) is 16.2 Å². The van der Waals surface area contributed by atoms with Gasteiger partial charge >= 0.3 is 0 Å². The fourth-order valence-corrected chi connectivity index (χ4v) is 1.90. The van der Waals surface area contributed by atoms with E-state index < -0.39 is 4.92 Å². The minimum absolute atomic E-state index is 0.0809. The summed E-state index contributed by atoms with van der Waals surface area (Å²) in [5.41, 5.74) is 1.69. The van der Waals surface area contributed by atoms with E-state index in [1.807, 2.05) is 13.0 Å². The first-order valence-corrected chi connectivity index (χ1v) is 6.13. The molecule has 0 saturated carbocycles. The van der Waals surface area contributed by atoms with Crippen molar-refractivity contribution < 1.29 is 10.0 Å². The number of aryl methyl sites for hydroxylation is 1. The lowest BCUT2D eigenvalue weighted by molar-refractivity contribution is -0.384. The van der Waals surface area contributed by atoms with Gasteiger partial charge in [0.15, 0.2) is 0 Å². The molecular formula is C14H11ClN2O3. The molecule has 2 aromatic rings. The molecule has 0 spiro atoms. The molecule has 1 N–H and O–H groups in total. The standard InChI is InChI=1S/C14H11ClN2O3/c1-9-2-4-13(12(15)6-9)16-8-10-7-11(17(19)20)3-5-14(10)18/h2-8,18H,1H3. The molecule has 0 unspecified atom stereocenters. The van der Waals surface area contributed by atoms with Crippen LogP contribution in [0.4, 0.5) is 11.4 Å². The van der Waals surface area contributed by atoms with Crippen LogP contribution in [0.1, 0.15) is 11.1 Å². The lowest BCUT2D eigenvalue weighted by atomic mass is 10.2. The molecule has 0 atom stereocenters. The number of halogens is 1. The van der Waals surface area contributed by atoms with Crippen molar-refractivity contribution in [1.29, 1.82) is 0 Å². The zero-order valence-corrected chi connectivity index (χ0v) is 11.3. The third-order valence-corrected chi connectivity index (χ3v) is 2.97. The van der Waals surface area contributed by atoms with Gasteiger partial charge in [0.25, 0.3) is 5.69 Å². The van der Waals surface area contributed by atoms with Crippen LogP contribution in [0.25, 0.3) is 0 Å². The fraction of sp³-hybridized carbons (Fsp3) is 0.0714. The van der Waals surface area contributed by atoms with Crippen molar-refractivity contribution in [3.05, 3.63) is 62.7 Å². The van der Waals surface area contributed by atoms with Gasteiger partial charge < -0.3 is 5.11 Å². The summed E-state index contributed by atoms with van der Waals surface area (Å²) in [6.45, 7) is 1.91. The summed E-state index contributed by atoms with van der Waals surface area (Å²) in [5.74, 6) is -0.0809. The maximum Gasteiger partial charge on any atom is 0.270 e. The van der Waals surface area contributed by atoms with Gasteiger partial charge in [-0.15, -0.1) is 0 Å². The van der Waals surface area contributed by atoms with Gasteiger partial charge in [-0.05, 0) is 30.7 Å². The van der Waals surface area contributed by atoms with E-state index in [0.29, 0.717) is 10.7 Å². The number of phenolic OH excluding ortho intramolecular Hbond substituents is 1. The molecule has 0 aliphatic rings. The second kappa shape index (κ2) is 5.71. The monoisotopic (exact) mass is 290 g/mol. The molecule has 6 heteroatoms. The SMILES string of the molecule is Cc1ccc(N=Cc2cc([N+](=O)[O-])ccc2O)c(Cl)c1. The molecule has 2 rings (SSSR count). The number of aliphatic imine (C=N–C) groups is 1.